The van der Waals surface area contributed by atoms with E-state index < -0.39 is 0 Å². The molecule has 0 aliphatic rings. The molecule has 1 rings (SSSR count). The van der Waals surface area contributed by atoms with Gasteiger partial charge in [0, 0.05) is 25.4 Å². The Hall–Kier alpha value is -1.23. The molecule has 1 aromatic rings. The van der Waals surface area contributed by atoms with Gasteiger partial charge in [0.05, 0.1) is 12.4 Å². The number of rotatable bonds is 5. The van der Waals surface area contributed by atoms with Gasteiger partial charge in [0.2, 0.25) is 5.91 Å². The molecule has 0 heterocycles. The highest BCUT2D eigenvalue weighted by molar-refractivity contribution is 7.99. The molecule has 0 fully saturated rings. The summed E-state index contributed by atoms with van der Waals surface area (Å²) in [7, 11) is 5.00. The van der Waals surface area contributed by atoms with Crippen molar-refractivity contribution in [3.63, 3.8) is 0 Å². The van der Waals surface area contributed by atoms with Gasteiger partial charge in [0.25, 0.3) is 0 Å². The lowest BCUT2D eigenvalue weighted by Gasteiger charge is -2.17. The van der Waals surface area contributed by atoms with Gasteiger partial charge >= 0.3 is 0 Å². The average Bonchev–Trinajstić information content (AvgIpc) is 2.35. The van der Waals surface area contributed by atoms with E-state index in [4.69, 9.17) is 4.74 Å². The third-order valence-electron chi connectivity index (χ3n) is 2.52. The summed E-state index contributed by atoms with van der Waals surface area (Å²) in [5.74, 6) is 0.948. The minimum absolute atomic E-state index is 0.0513. The molecule has 0 bridgehead atoms. The van der Waals surface area contributed by atoms with Crippen LogP contribution in [0.5, 0.6) is 5.75 Å². The second-order valence-corrected chi connectivity index (χ2v) is 5.47. The van der Waals surface area contributed by atoms with E-state index in [9.17, 15) is 9.18 Å². The number of benzene rings is 1. The van der Waals surface area contributed by atoms with Gasteiger partial charge in [-0.3, -0.25) is 4.79 Å². The second kappa shape index (κ2) is 6.64. The van der Waals surface area contributed by atoms with Crippen molar-refractivity contribution in [2.24, 2.45) is 0 Å². The van der Waals surface area contributed by atoms with Crippen LogP contribution in [0, 0.1) is 5.82 Å². The SMILES string of the molecule is COc1ccc(F)cc1CS[C@H](C)C(=O)N(C)C. The average molecular weight is 271 g/mol. The number of hydrogen-bond donors (Lipinski definition) is 0. The smallest absolute Gasteiger partial charge is 0.234 e. The van der Waals surface area contributed by atoms with Crippen LogP contribution in [0.25, 0.3) is 0 Å². The van der Waals surface area contributed by atoms with E-state index in [0.29, 0.717) is 11.5 Å². The zero-order chi connectivity index (χ0) is 13.7. The first-order valence-corrected chi connectivity index (χ1v) is 6.65. The third kappa shape index (κ3) is 3.91. The molecule has 0 unspecified atom stereocenters. The van der Waals surface area contributed by atoms with Crippen LogP contribution in [-0.2, 0) is 10.5 Å². The lowest BCUT2D eigenvalue weighted by molar-refractivity contribution is -0.127. The summed E-state index contributed by atoms with van der Waals surface area (Å²) in [5, 5.41) is -0.159. The van der Waals surface area contributed by atoms with Gasteiger partial charge in [-0.25, -0.2) is 4.39 Å². The monoisotopic (exact) mass is 271 g/mol. The molecule has 0 radical (unpaired) electrons. The number of thioether (sulfide) groups is 1. The molecule has 1 amide bonds. The number of nitrogens with zero attached hydrogens (tertiary/aromatic N) is 1. The fraction of sp³-hybridized carbons (Fsp3) is 0.462. The van der Waals surface area contributed by atoms with Gasteiger partial charge in [0.1, 0.15) is 11.6 Å². The van der Waals surface area contributed by atoms with Crippen molar-refractivity contribution < 1.29 is 13.9 Å². The van der Waals surface area contributed by atoms with Crippen molar-refractivity contribution in [3.8, 4) is 5.75 Å². The molecule has 0 aliphatic heterocycles. The Morgan fingerprint density at radius 2 is 2.17 bits per heavy atom. The molecule has 18 heavy (non-hydrogen) atoms. The Labute approximate surface area is 111 Å². The second-order valence-electron chi connectivity index (χ2n) is 4.14. The van der Waals surface area contributed by atoms with Gasteiger partial charge in [-0.1, -0.05) is 0 Å². The highest BCUT2D eigenvalue weighted by atomic mass is 32.2. The number of hydrogen-bond acceptors (Lipinski definition) is 3. The van der Waals surface area contributed by atoms with E-state index in [0.717, 1.165) is 5.56 Å². The van der Waals surface area contributed by atoms with E-state index in [1.165, 1.54) is 23.9 Å². The molecule has 0 saturated carbocycles. The maximum Gasteiger partial charge on any atom is 0.234 e. The van der Waals surface area contributed by atoms with Crippen LogP contribution < -0.4 is 4.74 Å². The first kappa shape index (κ1) is 14.8. The van der Waals surface area contributed by atoms with Crippen LogP contribution in [-0.4, -0.2) is 37.3 Å². The molecule has 1 atom stereocenters. The Morgan fingerprint density at radius 1 is 1.50 bits per heavy atom. The van der Waals surface area contributed by atoms with Crippen LogP contribution in [0.2, 0.25) is 0 Å². The van der Waals surface area contributed by atoms with Crippen LogP contribution >= 0.6 is 11.8 Å². The van der Waals surface area contributed by atoms with Crippen LogP contribution in [0.4, 0.5) is 4.39 Å². The van der Waals surface area contributed by atoms with Crippen molar-refractivity contribution in [1.29, 1.82) is 0 Å². The Kier molecular flexibility index (Phi) is 5.47. The zero-order valence-corrected chi connectivity index (χ0v) is 11.9. The van der Waals surface area contributed by atoms with Gasteiger partial charge in [-0.2, -0.15) is 0 Å². The number of halogens is 1. The van der Waals surface area contributed by atoms with Crippen LogP contribution in [0.3, 0.4) is 0 Å². The van der Waals surface area contributed by atoms with E-state index in [2.05, 4.69) is 0 Å². The number of ether oxygens (including phenoxy) is 1. The third-order valence-corrected chi connectivity index (χ3v) is 3.70. The predicted octanol–water partition coefficient (Wildman–Crippen LogP) is 2.54. The first-order chi connectivity index (χ1) is 8.45. The molecule has 0 saturated heterocycles. The van der Waals surface area contributed by atoms with E-state index >= 15 is 0 Å². The largest absolute Gasteiger partial charge is 0.496 e. The minimum atomic E-state index is -0.294. The molecule has 5 heteroatoms. The molecule has 3 nitrogen and oxygen atoms in total. The summed E-state index contributed by atoms with van der Waals surface area (Å²) < 4.78 is 18.3. The molecule has 0 spiro atoms. The van der Waals surface area contributed by atoms with Crippen molar-refractivity contribution in [1.82, 2.24) is 4.90 Å². The summed E-state index contributed by atoms with van der Waals surface area (Å²) in [4.78, 5) is 13.2. The first-order valence-electron chi connectivity index (χ1n) is 5.61. The van der Waals surface area contributed by atoms with Gasteiger partial charge in [-0.15, -0.1) is 11.8 Å². The van der Waals surface area contributed by atoms with Gasteiger partial charge in [0.15, 0.2) is 0 Å². The normalized spacial score (nSPS) is 12.1. The van der Waals surface area contributed by atoms with E-state index in [1.54, 1.807) is 32.2 Å². The summed E-state index contributed by atoms with van der Waals surface area (Å²) >= 11 is 1.47. The number of carbonyl (C=O) groups excluding carboxylic acids is 1. The lowest BCUT2D eigenvalue weighted by Crippen LogP contribution is -2.29. The standard InChI is InChI=1S/C13H18FNO2S/c1-9(13(16)15(2)3)18-8-10-7-11(14)5-6-12(10)17-4/h5-7,9H,8H2,1-4H3/t9-/m1/s1. The van der Waals surface area contributed by atoms with Crippen molar-refractivity contribution >= 4 is 17.7 Å². The zero-order valence-electron chi connectivity index (χ0n) is 11.1. The van der Waals surface area contributed by atoms with Gasteiger partial charge < -0.3 is 9.64 Å². The molecular weight excluding hydrogens is 253 g/mol. The van der Waals surface area contributed by atoms with Crippen LogP contribution in [0.15, 0.2) is 18.2 Å². The number of amides is 1. The summed E-state index contributed by atoms with van der Waals surface area (Å²) in [5.41, 5.74) is 0.765. The fourth-order valence-corrected chi connectivity index (χ4v) is 2.52. The molecule has 1 aromatic carbocycles. The minimum Gasteiger partial charge on any atom is -0.496 e. The Bertz CT molecular complexity index is 423. The van der Waals surface area contributed by atoms with Crippen molar-refractivity contribution in [2.45, 2.75) is 17.9 Å². The molecule has 0 N–H and O–H groups in total. The van der Waals surface area contributed by atoms with E-state index in [-0.39, 0.29) is 17.0 Å². The van der Waals surface area contributed by atoms with Gasteiger partial charge in [-0.05, 0) is 25.1 Å². The quantitative estimate of drug-likeness (QED) is 0.824. The fourth-order valence-electron chi connectivity index (χ4n) is 1.51. The lowest BCUT2D eigenvalue weighted by atomic mass is 10.2. The highest BCUT2D eigenvalue weighted by Crippen LogP contribution is 2.26. The van der Waals surface area contributed by atoms with Crippen LogP contribution in [0.1, 0.15) is 12.5 Å². The maximum absolute atomic E-state index is 13.2. The summed E-state index contributed by atoms with van der Waals surface area (Å²) in [6, 6.07) is 4.41. The Balaban J connectivity index is 2.68. The summed E-state index contributed by atoms with van der Waals surface area (Å²) in [6.45, 7) is 1.85. The topological polar surface area (TPSA) is 29.5 Å². The summed E-state index contributed by atoms with van der Waals surface area (Å²) in [6.07, 6.45) is 0. The Morgan fingerprint density at radius 3 is 2.72 bits per heavy atom. The highest BCUT2D eigenvalue weighted by Gasteiger charge is 2.16. The molecule has 0 aliphatic carbocycles. The number of methoxy groups -OCH3 is 1. The molecule has 100 valence electrons. The van der Waals surface area contributed by atoms with Crippen molar-refractivity contribution in [2.75, 3.05) is 21.2 Å². The number of carbonyl (C=O) groups is 1. The van der Waals surface area contributed by atoms with E-state index in [1.807, 2.05) is 6.92 Å². The molecule has 0 aromatic heterocycles. The van der Waals surface area contributed by atoms with Crippen molar-refractivity contribution in [3.05, 3.63) is 29.6 Å². The predicted molar refractivity (Wildman–Crippen MR) is 72.4 cm³/mol. The maximum atomic E-state index is 13.2. The molecular formula is C13H18FNO2S.